The van der Waals surface area contributed by atoms with Crippen molar-refractivity contribution in [1.29, 1.82) is 0 Å². The molecule has 0 aliphatic carbocycles. The molecule has 0 bridgehead atoms. The fourth-order valence-electron chi connectivity index (χ4n) is 2.90. The molecule has 1 atom stereocenters. The first-order valence-corrected chi connectivity index (χ1v) is 9.96. The molecule has 136 valence electrons. The molecular weight excluding hydrogens is 346 g/mol. The van der Waals surface area contributed by atoms with Crippen LogP contribution in [0.1, 0.15) is 29.7 Å². The van der Waals surface area contributed by atoms with E-state index in [1.165, 1.54) is 5.56 Å². The summed E-state index contributed by atoms with van der Waals surface area (Å²) in [5.74, 6) is 0.745. The number of methoxy groups -OCH3 is 1. The molecule has 0 unspecified atom stereocenters. The molecule has 0 radical (unpaired) electrons. The Bertz CT molecular complexity index is 1060. The van der Waals surface area contributed by atoms with Gasteiger partial charge in [0.15, 0.2) is 0 Å². The smallest absolute Gasteiger partial charge is 0.241 e. The van der Waals surface area contributed by atoms with Crippen molar-refractivity contribution in [2.24, 2.45) is 0 Å². The Kier molecular flexibility index (Phi) is 5.03. The monoisotopic (exact) mass is 369 g/mol. The Hall–Kier alpha value is -2.37. The molecule has 0 saturated heterocycles. The van der Waals surface area contributed by atoms with Crippen LogP contribution in [0.25, 0.3) is 10.8 Å². The molecule has 4 nitrogen and oxygen atoms in total. The van der Waals surface area contributed by atoms with Crippen LogP contribution in [0.3, 0.4) is 0 Å². The summed E-state index contributed by atoms with van der Waals surface area (Å²) in [6.45, 7) is 5.92. The van der Waals surface area contributed by atoms with Crippen LogP contribution >= 0.6 is 0 Å². The van der Waals surface area contributed by atoms with E-state index in [1.54, 1.807) is 25.3 Å². The van der Waals surface area contributed by atoms with Gasteiger partial charge in [0.25, 0.3) is 0 Å². The number of fused-ring (bicyclic) bond motifs is 1. The first kappa shape index (κ1) is 18.4. The van der Waals surface area contributed by atoms with Crippen LogP contribution in [0.15, 0.2) is 59.5 Å². The Morgan fingerprint density at radius 2 is 1.58 bits per heavy atom. The number of sulfonamides is 1. The lowest BCUT2D eigenvalue weighted by atomic mass is 10.0. The Morgan fingerprint density at radius 3 is 2.27 bits per heavy atom. The largest absolute Gasteiger partial charge is 0.497 e. The van der Waals surface area contributed by atoms with E-state index >= 15 is 0 Å². The van der Waals surface area contributed by atoms with Crippen molar-refractivity contribution in [3.8, 4) is 5.75 Å². The molecule has 3 aromatic carbocycles. The second-order valence-corrected chi connectivity index (χ2v) is 8.28. The fraction of sp³-hybridized carbons (Fsp3) is 0.238. The van der Waals surface area contributed by atoms with Crippen molar-refractivity contribution in [3.63, 3.8) is 0 Å². The zero-order chi connectivity index (χ0) is 18.9. The summed E-state index contributed by atoms with van der Waals surface area (Å²) in [6, 6.07) is 16.4. The third kappa shape index (κ3) is 3.74. The SMILES string of the molecule is COc1ccc2cc(S(=O)(=O)N[C@H](C)c3ccc(C)c(C)c3)ccc2c1. The van der Waals surface area contributed by atoms with E-state index < -0.39 is 10.0 Å². The molecule has 3 aromatic rings. The maximum atomic E-state index is 12.8. The number of nitrogens with one attached hydrogen (secondary N) is 1. The van der Waals surface area contributed by atoms with E-state index in [4.69, 9.17) is 4.74 Å². The number of rotatable bonds is 5. The first-order chi connectivity index (χ1) is 12.3. The number of benzene rings is 3. The van der Waals surface area contributed by atoms with Gasteiger partial charge in [0.05, 0.1) is 12.0 Å². The summed E-state index contributed by atoms with van der Waals surface area (Å²) in [7, 11) is -2.01. The average Bonchev–Trinajstić information content (AvgIpc) is 2.62. The maximum absolute atomic E-state index is 12.8. The Labute approximate surface area is 154 Å². The molecular formula is C21H23NO3S. The van der Waals surface area contributed by atoms with Gasteiger partial charge >= 0.3 is 0 Å². The van der Waals surface area contributed by atoms with Crippen LogP contribution in [0.4, 0.5) is 0 Å². The van der Waals surface area contributed by atoms with E-state index in [-0.39, 0.29) is 10.9 Å². The third-order valence-corrected chi connectivity index (χ3v) is 6.23. The van der Waals surface area contributed by atoms with E-state index in [0.29, 0.717) is 0 Å². The van der Waals surface area contributed by atoms with Gasteiger partial charge in [-0.1, -0.05) is 30.3 Å². The highest BCUT2D eigenvalue weighted by Gasteiger charge is 2.19. The molecule has 0 amide bonds. The Balaban J connectivity index is 1.89. The topological polar surface area (TPSA) is 55.4 Å². The molecule has 0 aliphatic rings. The zero-order valence-corrected chi connectivity index (χ0v) is 16.2. The van der Waals surface area contributed by atoms with E-state index in [1.807, 2.05) is 57.2 Å². The summed E-state index contributed by atoms with van der Waals surface area (Å²) in [5, 5.41) is 1.79. The van der Waals surface area contributed by atoms with Crippen molar-refractivity contribution in [2.45, 2.75) is 31.7 Å². The fourth-order valence-corrected chi connectivity index (χ4v) is 4.17. The number of hydrogen-bond acceptors (Lipinski definition) is 3. The summed E-state index contributed by atoms with van der Waals surface area (Å²) < 4.78 is 33.6. The summed E-state index contributed by atoms with van der Waals surface area (Å²) in [5.41, 5.74) is 3.28. The minimum Gasteiger partial charge on any atom is -0.497 e. The molecule has 1 N–H and O–H groups in total. The van der Waals surface area contributed by atoms with Crippen molar-refractivity contribution >= 4 is 20.8 Å². The van der Waals surface area contributed by atoms with E-state index in [2.05, 4.69) is 4.72 Å². The highest BCUT2D eigenvalue weighted by atomic mass is 32.2. The molecule has 0 heterocycles. The second kappa shape index (κ2) is 7.09. The molecule has 0 saturated carbocycles. The van der Waals surface area contributed by atoms with Crippen LogP contribution in [-0.4, -0.2) is 15.5 Å². The number of aryl methyl sites for hydroxylation is 2. The molecule has 0 fully saturated rings. The molecule has 0 aromatic heterocycles. The molecule has 5 heteroatoms. The minimum atomic E-state index is -3.62. The van der Waals surface area contributed by atoms with Gasteiger partial charge in [0, 0.05) is 6.04 Å². The van der Waals surface area contributed by atoms with Gasteiger partial charge in [-0.15, -0.1) is 0 Å². The van der Waals surface area contributed by atoms with Gasteiger partial charge in [-0.25, -0.2) is 13.1 Å². The van der Waals surface area contributed by atoms with Crippen LogP contribution < -0.4 is 9.46 Å². The van der Waals surface area contributed by atoms with Gasteiger partial charge in [-0.3, -0.25) is 0 Å². The van der Waals surface area contributed by atoms with Gasteiger partial charge in [0.2, 0.25) is 10.0 Å². The van der Waals surface area contributed by atoms with E-state index in [9.17, 15) is 8.42 Å². The van der Waals surface area contributed by atoms with Crippen molar-refractivity contribution in [3.05, 3.63) is 71.3 Å². The first-order valence-electron chi connectivity index (χ1n) is 8.47. The summed E-state index contributed by atoms with van der Waals surface area (Å²) >= 11 is 0. The van der Waals surface area contributed by atoms with Crippen molar-refractivity contribution in [1.82, 2.24) is 4.72 Å². The maximum Gasteiger partial charge on any atom is 0.241 e. The second-order valence-electron chi connectivity index (χ2n) is 6.56. The summed E-state index contributed by atoms with van der Waals surface area (Å²) in [4.78, 5) is 0.255. The number of hydrogen-bond donors (Lipinski definition) is 1. The predicted molar refractivity (Wildman–Crippen MR) is 105 cm³/mol. The molecule has 0 aliphatic heterocycles. The Morgan fingerprint density at radius 1 is 0.885 bits per heavy atom. The zero-order valence-electron chi connectivity index (χ0n) is 15.4. The lowest BCUT2D eigenvalue weighted by Crippen LogP contribution is -2.27. The summed E-state index contributed by atoms with van der Waals surface area (Å²) in [6.07, 6.45) is 0. The van der Waals surface area contributed by atoms with Crippen molar-refractivity contribution < 1.29 is 13.2 Å². The standard InChI is InChI=1S/C21H23NO3S/c1-14-5-6-17(11-15(14)2)16(3)22-26(23,24)21-10-8-18-12-20(25-4)9-7-19(18)13-21/h5-13,16,22H,1-4H3/t16-/m1/s1. The normalized spacial score (nSPS) is 12.9. The van der Waals surface area contributed by atoms with E-state index in [0.717, 1.165) is 27.6 Å². The third-order valence-electron chi connectivity index (χ3n) is 4.69. The van der Waals surface area contributed by atoms with Gasteiger partial charge in [0.1, 0.15) is 5.75 Å². The van der Waals surface area contributed by atoms with Crippen LogP contribution in [0, 0.1) is 13.8 Å². The van der Waals surface area contributed by atoms with Gasteiger partial charge < -0.3 is 4.74 Å². The van der Waals surface area contributed by atoms with Gasteiger partial charge in [-0.2, -0.15) is 0 Å². The van der Waals surface area contributed by atoms with Gasteiger partial charge in [-0.05, 0) is 72.5 Å². The van der Waals surface area contributed by atoms with Crippen LogP contribution in [0.5, 0.6) is 5.75 Å². The van der Waals surface area contributed by atoms with Crippen LogP contribution in [0.2, 0.25) is 0 Å². The average molecular weight is 369 g/mol. The quantitative estimate of drug-likeness (QED) is 0.720. The molecule has 0 spiro atoms. The number of ether oxygens (including phenoxy) is 1. The highest BCUT2D eigenvalue weighted by Crippen LogP contribution is 2.25. The predicted octanol–water partition coefficient (Wildman–Crippen LogP) is 4.50. The van der Waals surface area contributed by atoms with Crippen molar-refractivity contribution in [2.75, 3.05) is 7.11 Å². The molecule has 26 heavy (non-hydrogen) atoms. The molecule has 3 rings (SSSR count). The lowest BCUT2D eigenvalue weighted by molar-refractivity contribution is 0.415. The minimum absolute atomic E-state index is 0.255. The van der Waals surface area contributed by atoms with Crippen LogP contribution in [-0.2, 0) is 10.0 Å². The lowest BCUT2D eigenvalue weighted by Gasteiger charge is -2.16. The highest BCUT2D eigenvalue weighted by molar-refractivity contribution is 7.89.